The molecule has 2 aromatic carbocycles. The van der Waals surface area contributed by atoms with Crippen LogP contribution in [-0.2, 0) is 11.2 Å². The van der Waals surface area contributed by atoms with Gasteiger partial charge in [-0.2, -0.15) is 5.26 Å². The molecule has 136 valence electrons. The Kier molecular flexibility index (Phi) is 3.87. The number of nitrogens with zero attached hydrogens (tertiary/aromatic N) is 1. The highest BCUT2D eigenvalue weighted by molar-refractivity contribution is 6.07. The molecule has 5 heteroatoms. The number of amides is 1. The van der Waals surface area contributed by atoms with Crippen molar-refractivity contribution in [3.8, 4) is 6.07 Å². The zero-order chi connectivity index (χ0) is 18.4. The Bertz CT molecular complexity index is 1060. The van der Waals surface area contributed by atoms with Crippen molar-refractivity contribution in [2.75, 3.05) is 0 Å². The summed E-state index contributed by atoms with van der Waals surface area (Å²) in [7, 11) is 0. The lowest BCUT2D eigenvalue weighted by atomic mass is 9.98. The second kappa shape index (κ2) is 6.40. The maximum absolute atomic E-state index is 12.6. The number of nitrogens with one attached hydrogen (secondary N) is 3. The van der Waals surface area contributed by atoms with Gasteiger partial charge in [-0.3, -0.25) is 4.79 Å². The van der Waals surface area contributed by atoms with Crippen LogP contribution in [0.1, 0.15) is 24.8 Å². The van der Waals surface area contributed by atoms with Gasteiger partial charge in [0, 0.05) is 34.3 Å². The third-order valence-corrected chi connectivity index (χ3v) is 6.13. The van der Waals surface area contributed by atoms with Crippen LogP contribution in [0.4, 0.5) is 0 Å². The Morgan fingerprint density at radius 1 is 1.19 bits per heavy atom. The summed E-state index contributed by atoms with van der Waals surface area (Å²) in [6, 6.07) is 16.5. The maximum atomic E-state index is 12.6. The minimum absolute atomic E-state index is 0.0260. The average Bonchev–Trinajstić information content (AvgIpc) is 3.41. The number of aromatic nitrogens is 1. The molecule has 2 aliphatic rings. The number of rotatable bonds is 4. The molecule has 1 amide bonds. The largest absolute Gasteiger partial charge is 0.355 e. The molecule has 2 bridgehead atoms. The molecule has 1 aliphatic heterocycles. The predicted octanol–water partition coefficient (Wildman–Crippen LogP) is 3.01. The summed E-state index contributed by atoms with van der Waals surface area (Å²) in [6.07, 6.45) is 3.88. The maximum Gasteiger partial charge on any atom is 0.238 e. The first kappa shape index (κ1) is 16.3. The van der Waals surface area contributed by atoms with E-state index in [9.17, 15) is 10.1 Å². The summed E-state index contributed by atoms with van der Waals surface area (Å²) in [4.78, 5) is 16.0. The van der Waals surface area contributed by atoms with Crippen LogP contribution in [0.25, 0.3) is 21.8 Å². The predicted molar refractivity (Wildman–Crippen MR) is 105 cm³/mol. The lowest BCUT2D eigenvalue weighted by molar-refractivity contribution is -0.124. The number of aromatic amines is 1. The number of nitriles is 1. The summed E-state index contributed by atoms with van der Waals surface area (Å²) in [5, 5.41) is 18.2. The van der Waals surface area contributed by atoms with Gasteiger partial charge in [0.15, 0.2) is 0 Å². The van der Waals surface area contributed by atoms with Crippen molar-refractivity contribution in [2.24, 2.45) is 5.92 Å². The van der Waals surface area contributed by atoms with Crippen LogP contribution in [0.2, 0.25) is 0 Å². The number of fused-ring (bicyclic) bond motifs is 5. The Hall–Kier alpha value is -2.84. The first-order chi connectivity index (χ1) is 13.2. The minimum atomic E-state index is -0.513. The standard InChI is InChI=1S/C22H22N4O/c23-12-16(25-22(27)21-14-6-7-15(11-14)24-21)9-13-5-8-20-18(10-13)17-3-1-2-4-19(17)26-20/h1-5,8,10,14-16,21,24,26H,6-7,9,11H2,(H,25,27)/t14-,15+,16?,21?/m0/s1. The van der Waals surface area contributed by atoms with Crippen molar-refractivity contribution >= 4 is 27.7 Å². The number of hydrogen-bond donors (Lipinski definition) is 3. The number of carbonyl (C=O) groups excluding carboxylic acids is 1. The van der Waals surface area contributed by atoms with Crippen molar-refractivity contribution in [1.29, 1.82) is 5.26 Å². The second-order valence-electron chi connectivity index (χ2n) is 7.86. The first-order valence-corrected chi connectivity index (χ1v) is 9.66. The molecule has 4 atom stereocenters. The summed E-state index contributed by atoms with van der Waals surface area (Å²) in [6.45, 7) is 0. The van der Waals surface area contributed by atoms with Crippen LogP contribution in [0.3, 0.4) is 0 Å². The van der Waals surface area contributed by atoms with E-state index in [1.165, 1.54) is 11.8 Å². The molecule has 5 rings (SSSR count). The van der Waals surface area contributed by atoms with Crippen LogP contribution in [0.5, 0.6) is 0 Å². The number of carbonyl (C=O) groups is 1. The van der Waals surface area contributed by atoms with Gasteiger partial charge in [-0.25, -0.2) is 0 Å². The quantitative estimate of drug-likeness (QED) is 0.671. The monoisotopic (exact) mass is 358 g/mol. The number of piperidine rings is 1. The van der Waals surface area contributed by atoms with Crippen LogP contribution in [0.15, 0.2) is 42.5 Å². The van der Waals surface area contributed by atoms with Gasteiger partial charge in [-0.15, -0.1) is 0 Å². The third kappa shape index (κ3) is 2.87. The summed E-state index contributed by atoms with van der Waals surface area (Å²) >= 11 is 0. The van der Waals surface area contributed by atoms with Gasteiger partial charge in [0.05, 0.1) is 12.1 Å². The van der Waals surface area contributed by atoms with Gasteiger partial charge in [-0.05, 0) is 48.9 Å². The van der Waals surface area contributed by atoms with Gasteiger partial charge >= 0.3 is 0 Å². The van der Waals surface area contributed by atoms with Crippen molar-refractivity contribution in [2.45, 2.75) is 43.8 Å². The van der Waals surface area contributed by atoms with Gasteiger partial charge in [0.2, 0.25) is 5.91 Å². The molecule has 1 aliphatic carbocycles. The first-order valence-electron chi connectivity index (χ1n) is 9.66. The average molecular weight is 358 g/mol. The van der Waals surface area contributed by atoms with Crippen molar-refractivity contribution in [3.63, 3.8) is 0 Å². The van der Waals surface area contributed by atoms with Crippen LogP contribution in [0, 0.1) is 17.2 Å². The smallest absolute Gasteiger partial charge is 0.238 e. The molecular weight excluding hydrogens is 336 g/mol. The number of benzene rings is 2. The summed E-state index contributed by atoms with van der Waals surface area (Å²) < 4.78 is 0. The van der Waals surface area contributed by atoms with Crippen LogP contribution < -0.4 is 10.6 Å². The highest BCUT2D eigenvalue weighted by Gasteiger charge is 2.43. The summed E-state index contributed by atoms with van der Waals surface area (Å²) in [5.74, 6) is 0.402. The highest BCUT2D eigenvalue weighted by atomic mass is 16.2. The molecule has 1 saturated heterocycles. The van der Waals surface area contributed by atoms with E-state index in [-0.39, 0.29) is 11.9 Å². The van der Waals surface area contributed by atoms with E-state index in [4.69, 9.17) is 0 Å². The molecule has 5 nitrogen and oxygen atoms in total. The number of para-hydroxylation sites is 1. The topological polar surface area (TPSA) is 80.7 Å². The Morgan fingerprint density at radius 3 is 2.81 bits per heavy atom. The molecule has 0 radical (unpaired) electrons. The molecule has 0 spiro atoms. The second-order valence-corrected chi connectivity index (χ2v) is 7.86. The molecule has 3 aromatic rings. The fourth-order valence-corrected chi connectivity index (χ4v) is 4.80. The SMILES string of the molecule is N#CC(Cc1ccc2[nH]c3ccccc3c2c1)NC(=O)C1N[C@@H]2CC[C@H]1C2. The fraction of sp³-hybridized carbons (Fsp3) is 0.364. The van der Waals surface area contributed by atoms with Crippen LogP contribution >= 0.6 is 0 Å². The third-order valence-electron chi connectivity index (χ3n) is 6.13. The molecule has 27 heavy (non-hydrogen) atoms. The molecule has 1 aromatic heterocycles. The molecule has 2 heterocycles. The van der Waals surface area contributed by atoms with Gasteiger partial charge in [0.1, 0.15) is 6.04 Å². The lowest BCUT2D eigenvalue weighted by Crippen LogP contribution is -2.50. The molecule has 3 N–H and O–H groups in total. The number of hydrogen-bond acceptors (Lipinski definition) is 3. The minimum Gasteiger partial charge on any atom is -0.355 e. The molecule has 2 unspecified atom stereocenters. The van der Waals surface area contributed by atoms with Gasteiger partial charge in [0.25, 0.3) is 0 Å². The molecular formula is C22H22N4O. The molecule has 2 fully saturated rings. The number of H-pyrrole nitrogens is 1. The Labute approximate surface area is 157 Å². The normalized spacial score (nSPS) is 24.9. The van der Waals surface area contributed by atoms with Crippen molar-refractivity contribution < 1.29 is 4.79 Å². The van der Waals surface area contributed by atoms with Gasteiger partial charge < -0.3 is 15.6 Å². The van der Waals surface area contributed by atoms with E-state index in [0.717, 1.165) is 34.8 Å². The van der Waals surface area contributed by atoms with Crippen molar-refractivity contribution in [3.05, 3.63) is 48.0 Å². The van der Waals surface area contributed by atoms with E-state index < -0.39 is 6.04 Å². The van der Waals surface area contributed by atoms with E-state index in [0.29, 0.717) is 18.4 Å². The van der Waals surface area contributed by atoms with Gasteiger partial charge in [-0.1, -0.05) is 24.3 Å². The van der Waals surface area contributed by atoms with E-state index in [1.54, 1.807) is 0 Å². The van der Waals surface area contributed by atoms with Crippen LogP contribution in [-0.4, -0.2) is 29.0 Å². The zero-order valence-corrected chi connectivity index (χ0v) is 15.0. The van der Waals surface area contributed by atoms with E-state index in [2.05, 4.69) is 46.0 Å². The van der Waals surface area contributed by atoms with E-state index in [1.807, 2.05) is 18.2 Å². The van der Waals surface area contributed by atoms with Crippen molar-refractivity contribution in [1.82, 2.24) is 15.6 Å². The summed E-state index contributed by atoms with van der Waals surface area (Å²) in [5.41, 5.74) is 3.25. The molecule has 1 saturated carbocycles. The Balaban J connectivity index is 1.34. The highest BCUT2D eigenvalue weighted by Crippen LogP contribution is 2.35. The Morgan fingerprint density at radius 2 is 2.04 bits per heavy atom. The lowest BCUT2D eigenvalue weighted by Gasteiger charge is -2.23. The zero-order valence-electron chi connectivity index (χ0n) is 15.0. The fourth-order valence-electron chi connectivity index (χ4n) is 4.80. The van der Waals surface area contributed by atoms with E-state index >= 15 is 0 Å².